The number of nitrogens with one attached hydrogen (secondary N) is 1. The van der Waals surface area contributed by atoms with Gasteiger partial charge in [0, 0.05) is 6.42 Å². The number of nitrogens with zero attached hydrogens (tertiary/aromatic N) is 2. The highest BCUT2D eigenvalue weighted by Gasteiger charge is 1.97. The standard InChI is InChI=1S/C9H16N4S/c1-2-3-4-5-6-7-11-8(10)13-9(14)12-7/h2-6H2,1H3,(H3,10,11,12,13,14). The third kappa shape index (κ3) is 3.83. The van der Waals surface area contributed by atoms with E-state index >= 15 is 0 Å². The minimum Gasteiger partial charge on any atom is -0.369 e. The number of nitrogens with two attached hydrogens (primary N) is 1. The van der Waals surface area contributed by atoms with Gasteiger partial charge in [0.1, 0.15) is 5.82 Å². The molecule has 0 saturated carbocycles. The summed E-state index contributed by atoms with van der Waals surface area (Å²) >= 11 is 4.87. The van der Waals surface area contributed by atoms with Gasteiger partial charge in [-0.1, -0.05) is 26.2 Å². The maximum absolute atomic E-state index is 5.52. The molecular weight excluding hydrogens is 196 g/mol. The van der Waals surface area contributed by atoms with Gasteiger partial charge in [-0.25, -0.2) is 4.98 Å². The fourth-order valence-electron chi connectivity index (χ4n) is 1.28. The molecule has 1 aromatic heterocycles. The van der Waals surface area contributed by atoms with Crippen LogP contribution in [0.5, 0.6) is 0 Å². The molecule has 0 amide bonds. The zero-order valence-electron chi connectivity index (χ0n) is 8.42. The van der Waals surface area contributed by atoms with Crippen LogP contribution < -0.4 is 5.73 Å². The molecule has 1 rings (SSSR count). The summed E-state index contributed by atoms with van der Waals surface area (Å²) in [5, 5.41) is 0. The first-order valence-electron chi connectivity index (χ1n) is 4.95. The number of aromatic amines is 1. The van der Waals surface area contributed by atoms with Crippen molar-refractivity contribution in [3.63, 3.8) is 0 Å². The molecule has 14 heavy (non-hydrogen) atoms. The van der Waals surface area contributed by atoms with Crippen LogP contribution in [0.25, 0.3) is 0 Å². The lowest BCUT2D eigenvalue weighted by Gasteiger charge is -2.01. The lowest BCUT2D eigenvalue weighted by atomic mass is 10.1. The van der Waals surface area contributed by atoms with Crippen molar-refractivity contribution in [3.8, 4) is 0 Å². The van der Waals surface area contributed by atoms with Crippen LogP contribution in [0.4, 0.5) is 5.95 Å². The van der Waals surface area contributed by atoms with Gasteiger partial charge in [-0.2, -0.15) is 4.98 Å². The summed E-state index contributed by atoms with van der Waals surface area (Å²) in [5.41, 5.74) is 5.52. The van der Waals surface area contributed by atoms with Crippen molar-refractivity contribution in [2.24, 2.45) is 0 Å². The number of rotatable bonds is 5. The Bertz CT molecular complexity index is 334. The van der Waals surface area contributed by atoms with Gasteiger partial charge in [0.2, 0.25) is 10.7 Å². The molecule has 0 atom stereocenters. The first-order chi connectivity index (χ1) is 6.72. The lowest BCUT2D eigenvalue weighted by molar-refractivity contribution is 0.650. The highest BCUT2D eigenvalue weighted by molar-refractivity contribution is 7.71. The van der Waals surface area contributed by atoms with Gasteiger partial charge in [0.05, 0.1) is 0 Å². The second-order valence-electron chi connectivity index (χ2n) is 3.27. The van der Waals surface area contributed by atoms with E-state index in [0.29, 0.717) is 10.7 Å². The Hall–Kier alpha value is -0.970. The van der Waals surface area contributed by atoms with Crippen molar-refractivity contribution >= 4 is 18.2 Å². The maximum atomic E-state index is 5.52. The second kappa shape index (κ2) is 5.70. The number of unbranched alkanes of at least 4 members (excludes halogenated alkanes) is 3. The van der Waals surface area contributed by atoms with E-state index in [-0.39, 0.29) is 0 Å². The molecule has 0 aliphatic heterocycles. The molecule has 0 fully saturated rings. The molecular formula is C9H16N4S. The molecule has 0 spiro atoms. The average Bonchev–Trinajstić information content (AvgIpc) is 2.11. The van der Waals surface area contributed by atoms with E-state index < -0.39 is 0 Å². The number of hydrogen-bond acceptors (Lipinski definition) is 4. The van der Waals surface area contributed by atoms with Crippen LogP contribution in [0.15, 0.2) is 0 Å². The Kier molecular flexibility index (Phi) is 4.52. The van der Waals surface area contributed by atoms with Crippen LogP contribution in [-0.4, -0.2) is 15.0 Å². The molecule has 4 nitrogen and oxygen atoms in total. The Labute approximate surface area is 89.0 Å². The van der Waals surface area contributed by atoms with Gasteiger partial charge in [-0.3, -0.25) is 0 Å². The predicted molar refractivity (Wildman–Crippen MR) is 59.5 cm³/mol. The fraction of sp³-hybridized carbons (Fsp3) is 0.667. The summed E-state index contributed by atoms with van der Waals surface area (Å²) in [4.78, 5) is 10.8. The van der Waals surface area contributed by atoms with Gasteiger partial charge < -0.3 is 10.7 Å². The van der Waals surface area contributed by atoms with Crippen molar-refractivity contribution in [2.75, 3.05) is 5.73 Å². The maximum Gasteiger partial charge on any atom is 0.224 e. The summed E-state index contributed by atoms with van der Waals surface area (Å²) < 4.78 is 0.326. The van der Waals surface area contributed by atoms with Gasteiger partial charge in [0.25, 0.3) is 0 Å². The van der Waals surface area contributed by atoms with Crippen molar-refractivity contribution < 1.29 is 0 Å². The molecule has 0 aliphatic carbocycles. The summed E-state index contributed by atoms with van der Waals surface area (Å²) in [6, 6.07) is 0. The van der Waals surface area contributed by atoms with E-state index in [9.17, 15) is 0 Å². The van der Waals surface area contributed by atoms with Crippen LogP contribution >= 0.6 is 12.2 Å². The summed E-state index contributed by atoms with van der Waals surface area (Å²) in [6.07, 6.45) is 5.75. The number of hydrogen-bond donors (Lipinski definition) is 2. The molecule has 1 aromatic rings. The quantitative estimate of drug-likeness (QED) is 0.580. The average molecular weight is 212 g/mol. The van der Waals surface area contributed by atoms with Gasteiger partial charge >= 0.3 is 0 Å². The van der Waals surface area contributed by atoms with Crippen LogP contribution in [0, 0.1) is 4.77 Å². The topological polar surface area (TPSA) is 67.6 Å². The molecule has 1 heterocycles. The summed E-state index contributed by atoms with van der Waals surface area (Å²) in [7, 11) is 0. The molecule has 78 valence electrons. The Morgan fingerprint density at radius 3 is 2.71 bits per heavy atom. The third-order valence-electron chi connectivity index (χ3n) is 1.99. The third-order valence-corrected chi connectivity index (χ3v) is 2.17. The number of aryl methyl sites for hydroxylation is 1. The molecule has 0 saturated heterocycles. The minimum atomic E-state index is 0.326. The summed E-state index contributed by atoms with van der Waals surface area (Å²) in [6.45, 7) is 2.19. The van der Waals surface area contributed by atoms with Gasteiger partial charge in [-0.15, -0.1) is 0 Å². The van der Waals surface area contributed by atoms with Crippen molar-refractivity contribution in [1.29, 1.82) is 0 Å². The van der Waals surface area contributed by atoms with E-state index in [2.05, 4.69) is 21.9 Å². The SMILES string of the molecule is CCCCCCc1nc(=S)nc(N)[nH]1. The van der Waals surface area contributed by atoms with Crippen LogP contribution in [0.2, 0.25) is 0 Å². The number of nitrogen functional groups attached to an aromatic ring is 1. The normalized spacial score (nSPS) is 10.4. The van der Waals surface area contributed by atoms with E-state index in [1.54, 1.807) is 0 Å². The van der Waals surface area contributed by atoms with Crippen LogP contribution in [0.3, 0.4) is 0 Å². The predicted octanol–water partition coefficient (Wildman–Crippen LogP) is 2.24. The van der Waals surface area contributed by atoms with Crippen molar-refractivity contribution in [1.82, 2.24) is 15.0 Å². The van der Waals surface area contributed by atoms with E-state index in [0.717, 1.165) is 18.7 Å². The van der Waals surface area contributed by atoms with Gasteiger partial charge in [0.15, 0.2) is 0 Å². The zero-order valence-corrected chi connectivity index (χ0v) is 9.23. The molecule has 0 bridgehead atoms. The first-order valence-corrected chi connectivity index (χ1v) is 5.36. The van der Waals surface area contributed by atoms with Gasteiger partial charge in [-0.05, 0) is 18.6 Å². The van der Waals surface area contributed by atoms with E-state index in [1.165, 1.54) is 19.3 Å². The fourth-order valence-corrected chi connectivity index (χ4v) is 1.49. The Balaban J connectivity index is 2.46. The smallest absolute Gasteiger partial charge is 0.224 e. The minimum absolute atomic E-state index is 0.326. The van der Waals surface area contributed by atoms with Crippen molar-refractivity contribution in [2.45, 2.75) is 39.0 Å². The van der Waals surface area contributed by atoms with Crippen molar-refractivity contribution in [3.05, 3.63) is 10.6 Å². The number of aromatic nitrogens is 3. The lowest BCUT2D eigenvalue weighted by Crippen LogP contribution is -2.03. The second-order valence-corrected chi connectivity index (χ2v) is 3.64. The Morgan fingerprint density at radius 1 is 1.29 bits per heavy atom. The molecule has 0 aliphatic rings. The molecule has 0 radical (unpaired) electrons. The Morgan fingerprint density at radius 2 is 2.07 bits per heavy atom. The van der Waals surface area contributed by atoms with E-state index in [4.69, 9.17) is 18.0 Å². The molecule has 3 N–H and O–H groups in total. The monoisotopic (exact) mass is 212 g/mol. The van der Waals surface area contributed by atoms with Crippen LogP contribution in [0.1, 0.15) is 38.4 Å². The molecule has 0 unspecified atom stereocenters. The highest BCUT2D eigenvalue weighted by atomic mass is 32.1. The first kappa shape index (κ1) is 11.1. The van der Waals surface area contributed by atoms with E-state index in [1.807, 2.05) is 0 Å². The number of H-pyrrole nitrogens is 1. The van der Waals surface area contributed by atoms with Crippen LogP contribution in [-0.2, 0) is 6.42 Å². The zero-order chi connectivity index (χ0) is 10.4. The molecule has 0 aromatic carbocycles. The number of anilines is 1. The largest absolute Gasteiger partial charge is 0.369 e. The molecule has 5 heteroatoms. The summed E-state index contributed by atoms with van der Waals surface area (Å²) in [5.74, 6) is 1.20. The highest BCUT2D eigenvalue weighted by Crippen LogP contribution is 2.04.